The lowest BCUT2D eigenvalue weighted by Gasteiger charge is -2.22. The van der Waals surface area contributed by atoms with Crippen LogP contribution >= 0.6 is 23.0 Å². The summed E-state index contributed by atoms with van der Waals surface area (Å²) in [4.78, 5) is 10.2. The number of hydrogen-bond acceptors (Lipinski definition) is 5. The lowest BCUT2D eigenvalue weighted by molar-refractivity contribution is -0.125. The van der Waals surface area contributed by atoms with E-state index in [9.17, 15) is 9.90 Å². The van der Waals surface area contributed by atoms with Crippen molar-refractivity contribution in [1.82, 2.24) is 0 Å². The van der Waals surface area contributed by atoms with E-state index in [4.69, 9.17) is 10.2 Å². The van der Waals surface area contributed by atoms with Gasteiger partial charge in [-0.05, 0) is 6.92 Å². The molecule has 0 radical (unpaired) electrons. The second-order valence-electron chi connectivity index (χ2n) is 2.41. The van der Waals surface area contributed by atoms with Gasteiger partial charge in [0.2, 0.25) is 0 Å². The Kier molecular flexibility index (Phi) is 5.93. The van der Waals surface area contributed by atoms with E-state index in [0.29, 0.717) is 6.29 Å². The highest BCUT2D eigenvalue weighted by Gasteiger charge is 2.29. The van der Waals surface area contributed by atoms with Crippen molar-refractivity contribution < 1.29 is 23.2 Å². The van der Waals surface area contributed by atoms with Crippen LogP contribution in [0.1, 0.15) is 6.92 Å². The molecule has 0 aliphatic rings. The molecular formula is C6H11IO5. The summed E-state index contributed by atoms with van der Waals surface area (Å²) in [6, 6.07) is 0. The molecule has 0 bridgehead atoms. The molecule has 6 heteroatoms. The maximum Gasteiger partial charge on any atom is 0.153 e. The summed E-state index contributed by atoms with van der Waals surface area (Å²) in [7, 11) is 0. The minimum Gasteiger partial charge on any atom is -0.391 e. The summed E-state index contributed by atoms with van der Waals surface area (Å²) in [6.07, 6.45) is -4.64. The van der Waals surface area contributed by atoms with Gasteiger partial charge in [0.25, 0.3) is 0 Å². The van der Waals surface area contributed by atoms with Crippen LogP contribution in [0.15, 0.2) is 0 Å². The van der Waals surface area contributed by atoms with Gasteiger partial charge in [-0.15, -0.1) is 0 Å². The predicted octanol–water partition coefficient (Wildman–Crippen LogP) is -0.977. The third-order valence-corrected chi connectivity index (χ3v) is 2.00. The van der Waals surface area contributed by atoms with Crippen molar-refractivity contribution in [2.24, 2.45) is 0 Å². The normalized spacial score (nSPS) is 21.1. The molecule has 0 amide bonds. The summed E-state index contributed by atoms with van der Waals surface area (Å²) in [5, 5.41) is 27.1. The number of hydrogen-bond donors (Lipinski definition) is 3. The van der Waals surface area contributed by atoms with Gasteiger partial charge in [-0.2, -0.15) is 0 Å². The second kappa shape index (κ2) is 5.81. The summed E-state index contributed by atoms with van der Waals surface area (Å²) in [5.74, 6) is 0. The van der Waals surface area contributed by atoms with Crippen LogP contribution in [0, 0.1) is 0 Å². The summed E-state index contributed by atoms with van der Waals surface area (Å²) in [5.41, 5.74) is 0. The van der Waals surface area contributed by atoms with E-state index >= 15 is 0 Å². The molecule has 0 rings (SSSR count). The molecule has 72 valence electrons. The van der Waals surface area contributed by atoms with Crippen molar-refractivity contribution in [3.63, 3.8) is 0 Å². The van der Waals surface area contributed by atoms with Crippen LogP contribution in [-0.2, 0) is 7.86 Å². The monoisotopic (exact) mass is 290 g/mol. The number of halogens is 1. The molecule has 5 nitrogen and oxygen atoms in total. The summed E-state index contributed by atoms with van der Waals surface area (Å²) < 4.78 is 4.51. The topological polar surface area (TPSA) is 87.0 Å². The largest absolute Gasteiger partial charge is 0.391 e. The number of aliphatic hydroxyl groups is 3. The number of aldehydes is 1. The lowest BCUT2D eigenvalue weighted by atomic mass is 10.1. The SMILES string of the molecule is C[C@@H](O)[C@@H](O)[C@H](O)[C@H](C=O)OI. The van der Waals surface area contributed by atoms with Gasteiger partial charge in [-0.25, -0.2) is 0 Å². The zero-order chi connectivity index (χ0) is 9.72. The predicted molar refractivity (Wildman–Crippen MR) is 48.7 cm³/mol. The van der Waals surface area contributed by atoms with Gasteiger partial charge in [0.15, 0.2) is 12.4 Å². The quantitative estimate of drug-likeness (QED) is 0.448. The first-order valence-electron chi connectivity index (χ1n) is 3.31. The van der Waals surface area contributed by atoms with E-state index in [-0.39, 0.29) is 0 Å². The van der Waals surface area contributed by atoms with Crippen LogP contribution in [0.3, 0.4) is 0 Å². The Balaban J connectivity index is 4.14. The molecule has 4 atom stereocenters. The maximum absolute atomic E-state index is 10.2. The standard InChI is InChI=1S/C6H11IO5/c1-3(9)5(10)6(11)4(2-8)12-7/h2-6,9-11H,1H3/t3-,4+,5-,6-/m1/s1. The first kappa shape index (κ1) is 12.2. The number of carbonyl (C=O) groups is 1. The third kappa shape index (κ3) is 3.31. The molecule has 0 unspecified atom stereocenters. The van der Waals surface area contributed by atoms with Gasteiger partial charge in [0.05, 0.1) is 6.10 Å². The van der Waals surface area contributed by atoms with Gasteiger partial charge in [0, 0.05) is 0 Å². The van der Waals surface area contributed by atoms with E-state index in [2.05, 4.69) is 3.07 Å². The van der Waals surface area contributed by atoms with Crippen molar-refractivity contribution >= 4 is 29.3 Å². The Labute approximate surface area is 84.0 Å². The lowest BCUT2D eigenvalue weighted by Crippen LogP contribution is -2.44. The van der Waals surface area contributed by atoms with Crippen LogP contribution in [0.4, 0.5) is 0 Å². The second-order valence-corrected chi connectivity index (χ2v) is 2.92. The third-order valence-electron chi connectivity index (χ3n) is 1.42. The van der Waals surface area contributed by atoms with Crippen LogP contribution in [0.2, 0.25) is 0 Å². The van der Waals surface area contributed by atoms with Crippen molar-refractivity contribution in [3.05, 3.63) is 0 Å². The fourth-order valence-corrected chi connectivity index (χ4v) is 1.05. The van der Waals surface area contributed by atoms with Crippen molar-refractivity contribution in [1.29, 1.82) is 0 Å². The molecule has 0 aliphatic carbocycles. The molecule has 0 aromatic carbocycles. The van der Waals surface area contributed by atoms with Crippen molar-refractivity contribution in [2.45, 2.75) is 31.3 Å². The smallest absolute Gasteiger partial charge is 0.153 e. The Morgan fingerprint density at radius 3 is 2.08 bits per heavy atom. The fourth-order valence-electron chi connectivity index (χ4n) is 0.634. The van der Waals surface area contributed by atoms with E-state index in [0.717, 1.165) is 0 Å². The van der Waals surface area contributed by atoms with Gasteiger partial charge < -0.3 is 23.2 Å². The first-order chi connectivity index (χ1) is 5.54. The number of carbonyl (C=O) groups excluding carboxylic acids is 1. The van der Waals surface area contributed by atoms with Gasteiger partial charge in [-0.1, -0.05) is 0 Å². The van der Waals surface area contributed by atoms with Gasteiger partial charge >= 0.3 is 0 Å². The Hall–Kier alpha value is 0.240. The van der Waals surface area contributed by atoms with Crippen molar-refractivity contribution in [2.75, 3.05) is 0 Å². The Bertz CT molecular complexity index is 140. The zero-order valence-electron chi connectivity index (χ0n) is 6.42. The molecule has 0 saturated heterocycles. The van der Waals surface area contributed by atoms with Crippen LogP contribution in [0.5, 0.6) is 0 Å². The van der Waals surface area contributed by atoms with Crippen molar-refractivity contribution in [3.8, 4) is 0 Å². The molecule has 0 spiro atoms. The van der Waals surface area contributed by atoms with E-state index in [1.54, 1.807) is 0 Å². The van der Waals surface area contributed by atoms with Gasteiger partial charge in [-0.3, -0.25) is 0 Å². The van der Waals surface area contributed by atoms with Crippen LogP contribution in [-0.4, -0.2) is 46.0 Å². The molecule has 3 N–H and O–H groups in total. The molecule has 0 fully saturated rings. The minimum absolute atomic E-state index is 0.364. The molecule has 0 aromatic rings. The van der Waals surface area contributed by atoms with E-state index in [1.165, 1.54) is 29.9 Å². The molecule has 0 aliphatic heterocycles. The molecule has 0 heterocycles. The summed E-state index contributed by atoms with van der Waals surface area (Å²) >= 11 is 1.44. The highest BCUT2D eigenvalue weighted by atomic mass is 127. The average Bonchev–Trinajstić information content (AvgIpc) is 2.05. The highest BCUT2D eigenvalue weighted by Crippen LogP contribution is 2.08. The average molecular weight is 290 g/mol. The van der Waals surface area contributed by atoms with Crippen LogP contribution in [0.25, 0.3) is 0 Å². The van der Waals surface area contributed by atoms with Gasteiger partial charge in [0.1, 0.15) is 35.2 Å². The Morgan fingerprint density at radius 2 is 1.83 bits per heavy atom. The fraction of sp³-hybridized carbons (Fsp3) is 0.833. The minimum atomic E-state index is -1.40. The molecule has 12 heavy (non-hydrogen) atoms. The molecule has 0 saturated carbocycles. The Morgan fingerprint density at radius 1 is 1.33 bits per heavy atom. The number of rotatable bonds is 5. The number of aliphatic hydroxyl groups excluding tert-OH is 3. The maximum atomic E-state index is 10.2. The zero-order valence-corrected chi connectivity index (χ0v) is 8.58. The van der Waals surface area contributed by atoms with E-state index in [1.807, 2.05) is 0 Å². The summed E-state index contributed by atoms with van der Waals surface area (Å²) in [6.45, 7) is 1.31. The van der Waals surface area contributed by atoms with Crippen LogP contribution < -0.4 is 0 Å². The molecule has 0 aromatic heterocycles. The van der Waals surface area contributed by atoms with E-state index < -0.39 is 24.4 Å². The first-order valence-corrected chi connectivity index (χ1v) is 4.19. The highest BCUT2D eigenvalue weighted by molar-refractivity contribution is 14.1. The molecular weight excluding hydrogens is 279 g/mol.